The fourth-order valence-electron chi connectivity index (χ4n) is 1.37. The minimum absolute atomic E-state index is 0.200. The van der Waals surface area contributed by atoms with Crippen molar-refractivity contribution < 1.29 is 9.66 Å². The van der Waals surface area contributed by atoms with E-state index < -0.39 is 0 Å². The summed E-state index contributed by atoms with van der Waals surface area (Å²) < 4.78 is 5.20. The molecule has 0 spiro atoms. The summed E-state index contributed by atoms with van der Waals surface area (Å²) in [6.45, 7) is 3.03. The molecule has 0 unspecified atom stereocenters. The topological polar surface area (TPSA) is 55.6 Å². The lowest BCUT2D eigenvalue weighted by Crippen LogP contribution is -2.35. The van der Waals surface area contributed by atoms with Crippen molar-refractivity contribution >= 4 is 21.3 Å². The molecular weight excluding hydrogens is 204 g/mol. The Morgan fingerprint density at radius 1 is 1.43 bits per heavy atom. The summed E-state index contributed by atoms with van der Waals surface area (Å²) in [5.41, 5.74) is 0. The molecule has 0 bridgehead atoms. The summed E-state index contributed by atoms with van der Waals surface area (Å²) in [6, 6.07) is 3.35. The highest BCUT2D eigenvalue weighted by Crippen LogP contribution is 2.31. The second-order valence-electron chi connectivity index (χ2n) is 2.97. The van der Waals surface area contributed by atoms with Gasteiger partial charge in [0, 0.05) is 19.2 Å². The third-order valence-corrected chi connectivity index (χ3v) is 3.18. The van der Waals surface area contributed by atoms with Crippen LogP contribution in [-0.2, 0) is 4.74 Å². The zero-order valence-electron chi connectivity index (χ0n) is 7.51. The maximum atomic E-state index is 10.5. The lowest BCUT2D eigenvalue weighted by Gasteiger charge is -2.26. The van der Waals surface area contributed by atoms with E-state index in [0.29, 0.717) is 13.2 Å². The predicted molar refractivity (Wildman–Crippen MR) is 54.0 cm³/mol. The Bertz CT molecular complexity index is 333. The summed E-state index contributed by atoms with van der Waals surface area (Å²) in [5.74, 6) is 0. The van der Waals surface area contributed by atoms with E-state index in [2.05, 4.69) is 4.90 Å². The van der Waals surface area contributed by atoms with Crippen LogP contribution in [0.15, 0.2) is 12.1 Å². The molecule has 0 N–H and O–H groups in total. The van der Waals surface area contributed by atoms with Crippen LogP contribution in [0.2, 0.25) is 0 Å². The van der Waals surface area contributed by atoms with E-state index in [1.54, 1.807) is 12.1 Å². The summed E-state index contributed by atoms with van der Waals surface area (Å²) in [4.78, 5) is 12.2. The van der Waals surface area contributed by atoms with E-state index >= 15 is 0 Å². The van der Waals surface area contributed by atoms with Gasteiger partial charge in [-0.05, 0) is 17.4 Å². The van der Waals surface area contributed by atoms with Gasteiger partial charge in [0.15, 0.2) is 0 Å². The molecule has 0 atom stereocenters. The summed E-state index contributed by atoms with van der Waals surface area (Å²) in [7, 11) is 0. The number of ether oxygens (including phenoxy) is 1. The molecule has 14 heavy (non-hydrogen) atoms. The van der Waals surface area contributed by atoms with Crippen molar-refractivity contribution in [2.45, 2.75) is 0 Å². The van der Waals surface area contributed by atoms with Crippen LogP contribution < -0.4 is 4.90 Å². The fourth-order valence-corrected chi connectivity index (χ4v) is 2.24. The lowest BCUT2D eigenvalue weighted by molar-refractivity contribution is -0.380. The van der Waals surface area contributed by atoms with E-state index in [1.807, 2.05) is 0 Å². The van der Waals surface area contributed by atoms with Gasteiger partial charge in [0.2, 0.25) is 0 Å². The van der Waals surface area contributed by atoms with Gasteiger partial charge >= 0.3 is 5.00 Å². The first-order valence-corrected chi connectivity index (χ1v) is 5.16. The lowest BCUT2D eigenvalue weighted by atomic mass is 10.4. The van der Waals surface area contributed by atoms with Crippen LogP contribution in [-0.4, -0.2) is 31.2 Å². The van der Waals surface area contributed by atoms with Gasteiger partial charge in [-0.15, -0.1) is 0 Å². The molecule has 1 fully saturated rings. The van der Waals surface area contributed by atoms with E-state index in [4.69, 9.17) is 4.74 Å². The van der Waals surface area contributed by atoms with Gasteiger partial charge < -0.3 is 9.64 Å². The Balaban J connectivity index is 2.11. The highest BCUT2D eigenvalue weighted by atomic mass is 32.1. The van der Waals surface area contributed by atoms with Crippen molar-refractivity contribution in [3.8, 4) is 0 Å². The van der Waals surface area contributed by atoms with Crippen LogP contribution in [0.1, 0.15) is 0 Å². The van der Waals surface area contributed by atoms with Crippen molar-refractivity contribution in [3.63, 3.8) is 0 Å². The molecule has 6 heteroatoms. The SMILES string of the molecule is O=[N+]([O-])c1ccc(N2CCOCC2)s1. The maximum absolute atomic E-state index is 10.5. The number of hydrogen-bond acceptors (Lipinski definition) is 5. The van der Waals surface area contributed by atoms with Gasteiger partial charge in [-0.3, -0.25) is 10.1 Å². The molecule has 1 saturated heterocycles. The van der Waals surface area contributed by atoms with Crippen LogP contribution in [0.4, 0.5) is 10.0 Å². The molecular formula is C8H10N2O3S. The van der Waals surface area contributed by atoms with Crippen LogP contribution in [0.25, 0.3) is 0 Å². The molecule has 1 aliphatic heterocycles. The van der Waals surface area contributed by atoms with Crippen LogP contribution >= 0.6 is 11.3 Å². The van der Waals surface area contributed by atoms with Crippen molar-refractivity contribution in [2.24, 2.45) is 0 Å². The molecule has 2 heterocycles. The van der Waals surface area contributed by atoms with Gasteiger partial charge in [0.05, 0.1) is 23.1 Å². The number of hydrogen-bond donors (Lipinski definition) is 0. The Labute approximate surface area is 85.1 Å². The quantitative estimate of drug-likeness (QED) is 0.553. The van der Waals surface area contributed by atoms with Crippen molar-refractivity contribution in [1.29, 1.82) is 0 Å². The average molecular weight is 214 g/mol. The average Bonchev–Trinajstić information content (AvgIpc) is 2.68. The minimum Gasteiger partial charge on any atom is -0.378 e. The molecule has 5 nitrogen and oxygen atoms in total. The van der Waals surface area contributed by atoms with Gasteiger partial charge in [-0.2, -0.15) is 0 Å². The van der Waals surface area contributed by atoms with Crippen molar-refractivity contribution in [1.82, 2.24) is 0 Å². The number of nitro groups is 1. The Hall–Kier alpha value is -1.14. The molecule has 1 aromatic rings. The fraction of sp³-hybridized carbons (Fsp3) is 0.500. The maximum Gasteiger partial charge on any atom is 0.326 e. The monoisotopic (exact) mass is 214 g/mol. The molecule has 0 saturated carbocycles. The molecule has 0 radical (unpaired) electrons. The van der Waals surface area contributed by atoms with E-state index in [0.717, 1.165) is 18.1 Å². The molecule has 0 aromatic carbocycles. The third-order valence-electron chi connectivity index (χ3n) is 2.08. The highest BCUT2D eigenvalue weighted by Gasteiger charge is 2.16. The first-order chi connectivity index (χ1) is 6.77. The van der Waals surface area contributed by atoms with E-state index in [-0.39, 0.29) is 9.92 Å². The number of rotatable bonds is 2. The zero-order chi connectivity index (χ0) is 9.97. The largest absolute Gasteiger partial charge is 0.378 e. The molecule has 1 aromatic heterocycles. The van der Waals surface area contributed by atoms with Gasteiger partial charge in [0.25, 0.3) is 0 Å². The molecule has 76 valence electrons. The minimum atomic E-state index is -0.353. The normalized spacial score (nSPS) is 17.0. The van der Waals surface area contributed by atoms with E-state index in [9.17, 15) is 10.1 Å². The third kappa shape index (κ3) is 1.85. The molecule has 0 aliphatic carbocycles. The van der Waals surface area contributed by atoms with Crippen LogP contribution in [0, 0.1) is 10.1 Å². The molecule has 0 amide bonds. The second-order valence-corrected chi connectivity index (χ2v) is 4.01. The van der Waals surface area contributed by atoms with Gasteiger partial charge in [-0.25, -0.2) is 0 Å². The smallest absolute Gasteiger partial charge is 0.326 e. The second kappa shape index (κ2) is 3.93. The number of thiophene rings is 1. The number of morpholine rings is 1. The first kappa shape index (κ1) is 9.42. The van der Waals surface area contributed by atoms with Crippen molar-refractivity contribution in [2.75, 3.05) is 31.2 Å². The zero-order valence-corrected chi connectivity index (χ0v) is 8.33. The van der Waals surface area contributed by atoms with Crippen LogP contribution in [0.5, 0.6) is 0 Å². The standard InChI is InChI=1S/C8H10N2O3S/c11-10(12)8-2-1-7(14-8)9-3-5-13-6-4-9/h1-2H,3-6H2. The number of nitrogens with zero attached hydrogens (tertiary/aromatic N) is 2. The molecule has 2 rings (SSSR count). The summed E-state index contributed by atoms with van der Waals surface area (Å²) in [6.07, 6.45) is 0. The Morgan fingerprint density at radius 2 is 2.14 bits per heavy atom. The summed E-state index contributed by atoms with van der Waals surface area (Å²) in [5, 5.41) is 11.6. The van der Waals surface area contributed by atoms with Crippen LogP contribution in [0.3, 0.4) is 0 Å². The predicted octanol–water partition coefficient (Wildman–Crippen LogP) is 1.49. The molecule has 1 aliphatic rings. The Kier molecular flexibility index (Phi) is 2.64. The summed E-state index contributed by atoms with van der Waals surface area (Å²) >= 11 is 1.22. The van der Waals surface area contributed by atoms with E-state index in [1.165, 1.54) is 11.3 Å². The first-order valence-electron chi connectivity index (χ1n) is 4.34. The van der Waals surface area contributed by atoms with Gasteiger partial charge in [0.1, 0.15) is 0 Å². The Morgan fingerprint density at radius 3 is 2.71 bits per heavy atom. The van der Waals surface area contributed by atoms with Crippen molar-refractivity contribution in [3.05, 3.63) is 22.2 Å². The van der Waals surface area contributed by atoms with Gasteiger partial charge in [-0.1, -0.05) is 0 Å². The highest BCUT2D eigenvalue weighted by molar-refractivity contribution is 7.19. The number of anilines is 1.